The van der Waals surface area contributed by atoms with Gasteiger partial charge in [0.1, 0.15) is 11.9 Å². The van der Waals surface area contributed by atoms with Crippen LogP contribution in [0.5, 0.6) is 5.75 Å². The van der Waals surface area contributed by atoms with Gasteiger partial charge in [-0.1, -0.05) is 15.9 Å². The number of nitrogens with zero attached hydrogens (tertiary/aromatic N) is 1. The minimum atomic E-state index is 0.0508. The number of hydrogen-bond acceptors (Lipinski definition) is 3. The first-order chi connectivity index (χ1) is 9.69. The zero-order chi connectivity index (χ0) is 14.1. The van der Waals surface area contributed by atoms with Gasteiger partial charge in [0.15, 0.2) is 0 Å². The Labute approximate surface area is 127 Å². The van der Waals surface area contributed by atoms with Crippen molar-refractivity contribution in [3.8, 4) is 5.75 Å². The molecule has 104 valence electrons. The number of ether oxygens (including phenoxy) is 1. The van der Waals surface area contributed by atoms with E-state index in [4.69, 9.17) is 4.74 Å². The fourth-order valence-corrected chi connectivity index (χ4v) is 3.10. The summed E-state index contributed by atoms with van der Waals surface area (Å²) < 4.78 is 7.26. The van der Waals surface area contributed by atoms with Crippen molar-refractivity contribution in [1.29, 1.82) is 0 Å². The van der Waals surface area contributed by atoms with Crippen molar-refractivity contribution in [2.75, 3.05) is 7.05 Å². The molecule has 0 fully saturated rings. The van der Waals surface area contributed by atoms with Crippen LogP contribution >= 0.6 is 15.9 Å². The molecule has 3 rings (SSSR count). The molecule has 2 aromatic rings. The van der Waals surface area contributed by atoms with Crippen molar-refractivity contribution in [2.24, 2.45) is 0 Å². The molecule has 0 aliphatic carbocycles. The summed E-state index contributed by atoms with van der Waals surface area (Å²) >= 11 is 3.53. The molecule has 2 atom stereocenters. The zero-order valence-electron chi connectivity index (χ0n) is 11.6. The Kier molecular flexibility index (Phi) is 3.76. The van der Waals surface area contributed by atoms with Crippen LogP contribution in [-0.2, 0) is 0 Å². The fraction of sp³-hybridized carbons (Fsp3) is 0.312. The third kappa shape index (κ3) is 2.45. The van der Waals surface area contributed by atoms with Crippen molar-refractivity contribution in [3.63, 3.8) is 0 Å². The van der Waals surface area contributed by atoms with E-state index in [2.05, 4.69) is 39.2 Å². The topological polar surface area (TPSA) is 34.2 Å². The summed E-state index contributed by atoms with van der Waals surface area (Å²) in [7, 11) is 1.99. The Hall–Kier alpha value is -1.39. The number of fused-ring (bicyclic) bond motifs is 1. The van der Waals surface area contributed by atoms with E-state index >= 15 is 0 Å². The molecule has 0 radical (unpaired) electrons. The van der Waals surface area contributed by atoms with Crippen LogP contribution in [0.1, 0.15) is 35.3 Å². The molecule has 1 N–H and O–H groups in total. The number of halogens is 1. The third-order valence-electron chi connectivity index (χ3n) is 3.84. The van der Waals surface area contributed by atoms with Crippen molar-refractivity contribution in [3.05, 3.63) is 57.8 Å². The summed E-state index contributed by atoms with van der Waals surface area (Å²) in [5, 5.41) is 3.39. The lowest BCUT2D eigenvalue weighted by molar-refractivity contribution is 0.153. The molecule has 1 aliphatic rings. The van der Waals surface area contributed by atoms with Crippen molar-refractivity contribution >= 4 is 15.9 Å². The summed E-state index contributed by atoms with van der Waals surface area (Å²) in [5.41, 5.74) is 3.60. The Balaban J connectivity index is 1.99. The third-order valence-corrected chi connectivity index (χ3v) is 4.33. The van der Waals surface area contributed by atoms with E-state index in [1.807, 2.05) is 37.6 Å². The molecule has 0 saturated carbocycles. The monoisotopic (exact) mass is 332 g/mol. The SMILES string of the molecule is CNC1CC(c2cnccc2C)Oc2ccc(Br)cc21. The highest BCUT2D eigenvalue weighted by Crippen LogP contribution is 2.42. The van der Waals surface area contributed by atoms with Crippen LogP contribution in [0.15, 0.2) is 41.1 Å². The van der Waals surface area contributed by atoms with Gasteiger partial charge in [-0.15, -0.1) is 0 Å². The smallest absolute Gasteiger partial charge is 0.127 e. The number of hydrogen-bond donors (Lipinski definition) is 1. The number of pyridine rings is 1. The molecule has 3 nitrogen and oxygen atoms in total. The van der Waals surface area contributed by atoms with E-state index in [9.17, 15) is 0 Å². The first kappa shape index (κ1) is 13.6. The number of rotatable bonds is 2. The molecule has 20 heavy (non-hydrogen) atoms. The molecule has 1 aromatic heterocycles. The second kappa shape index (κ2) is 5.54. The van der Waals surface area contributed by atoms with Gasteiger partial charge >= 0.3 is 0 Å². The van der Waals surface area contributed by atoms with Crippen LogP contribution in [0, 0.1) is 6.92 Å². The summed E-state index contributed by atoms with van der Waals surface area (Å²) in [4.78, 5) is 4.23. The molecule has 0 bridgehead atoms. The highest BCUT2D eigenvalue weighted by molar-refractivity contribution is 9.10. The van der Waals surface area contributed by atoms with E-state index in [0.717, 1.165) is 16.6 Å². The van der Waals surface area contributed by atoms with Gasteiger partial charge in [0.05, 0.1) is 0 Å². The Bertz CT molecular complexity index is 630. The standard InChI is InChI=1S/C16H17BrN2O/c1-10-5-6-19-9-13(10)16-8-14(18-2)12-7-11(17)3-4-15(12)20-16/h3-7,9,14,16,18H,8H2,1-2H3. The minimum Gasteiger partial charge on any atom is -0.485 e. The summed E-state index contributed by atoms with van der Waals surface area (Å²) in [5.74, 6) is 0.951. The number of aromatic nitrogens is 1. The first-order valence-corrected chi connectivity index (χ1v) is 7.52. The van der Waals surface area contributed by atoms with Crippen molar-refractivity contribution < 1.29 is 4.74 Å². The van der Waals surface area contributed by atoms with Gasteiger partial charge < -0.3 is 10.1 Å². The average Bonchev–Trinajstić information content (AvgIpc) is 2.46. The van der Waals surface area contributed by atoms with E-state index in [1.54, 1.807) is 0 Å². The van der Waals surface area contributed by atoms with Crippen molar-refractivity contribution in [2.45, 2.75) is 25.5 Å². The normalized spacial score (nSPS) is 21.1. The lowest BCUT2D eigenvalue weighted by Crippen LogP contribution is -2.27. The van der Waals surface area contributed by atoms with Gasteiger partial charge in [0.2, 0.25) is 0 Å². The maximum atomic E-state index is 6.19. The molecule has 2 heterocycles. The van der Waals surface area contributed by atoms with Gasteiger partial charge in [0.25, 0.3) is 0 Å². The summed E-state index contributed by atoms with van der Waals surface area (Å²) in [6.45, 7) is 2.10. The minimum absolute atomic E-state index is 0.0508. The first-order valence-electron chi connectivity index (χ1n) is 6.73. The van der Waals surface area contributed by atoms with Gasteiger partial charge in [-0.25, -0.2) is 0 Å². The van der Waals surface area contributed by atoms with Crippen LogP contribution in [0.25, 0.3) is 0 Å². The fourth-order valence-electron chi connectivity index (χ4n) is 2.72. The van der Waals surface area contributed by atoms with E-state index in [-0.39, 0.29) is 6.10 Å². The quantitative estimate of drug-likeness (QED) is 0.904. The molecular formula is C16H17BrN2O. The van der Waals surface area contributed by atoms with Crippen LogP contribution in [-0.4, -0.2) is 12.0 Å². The van der Waals surface area contributed by atoms with E-state index < -0.39 is 0 Å². The molecule has 4 heteroatoms. The second-order valence-electron chi connectivity index (χ2n) is 5.10. The number of nitrogens with one attached hydrogen (secondary N) is 1. The largest absolute Gasteiger partial charge is 0.485 e. The Morgan fingerprint density at radius 1 is 1.30 bits per heavy atom. The predicted octanol–water partition coefficient (Wildman–Crippen LogP) is 3.94. The molecular weight excluding hydrogens is 316 g/mol. The summed E-state index contributed by atoms with van der Waals surface area (Å²) in [6.07, 6.45) is 4.69. The van der Waals surface area contributed by atoms with E-state index in [0.29, 0.717) is 6.04 Å². The van der Waals surface area contributed by atoms with Gasteiger partial charge in [-0.2, -0.15) is 0 Å². The van der Waals surface area contributed by atoms with Crippen LogP contribution in [0.4, 0.5) is 0 Å². The summed E-state index contributed by atoms with van der Waals surface area (Å²) in [6, 6.07) is 8.50. The van der Waals surface area contributed by atoms with Crippen LogP contribution in [0.2, 0.25) is 0 Å². The molecule has 0 amide bonds. The molecule has 1 aliphatic heterocycles. The second-order valence-corrected chi connectivity index (χ2v) is 6.01. The van der Waals surface area contributed by atoms with Crippen LogP contribution < -0.4 is 10.1 Å². The number of benzene rings is 1. The van der Waals surface area contributed by atoms with Crippen LogP contribution in [0.3, 0.4) is 0 Å². The maximum Gasteiger partial charge on any atom is 0.127 e. The zero-order valence-corrected chi connectivity index (χ0v) is 13.1. The Morgan fingerprint density at radius 2 is 2.15 bits per heavy atom. The van der Waals surface area contributed by atoms with Crippen molar-refractivity contribution in [1.82, 2.24) is 10.3 Å². The lowest BCUT2D eigenvalue weighted by atomic mass is 9.92. The molecule has 0 spiro atoms. The average molecular weight is 333 g/mol. The van der Waals surface area contributed by atoms with E-state index in [1.165, 1.54) is 16.7 Å². The van der Waals surface area contributed by atoms with Gasteiger partial charge in [0, 0.05) is 40.5 Å². The molecule has 1 aromatic carbocycles. The number of aryl methyl sites for hydroxylation is 1. The lowest BCUT2D eigenvalue weighted by Gasteiger charge is -2.33. The van der Waals surface area contributed by atoms with Gasteiger partial charge in [-0.05, 0) is 43.8 Å². The molecule has 2 unspecified atom stereocenters. The Morgan fingerprint density at radius 3 is 2.90 bits per heavy atom. The van der Waals surface area contributed by atoms with Gasteiger partial charge in [-0.3, -0.25) is 4.98 Å². The highest BCUT2D eigenvalue weighted by atomic mass is 79.9. The molecule has 0 saturated heterocycles. The highest BCUT2D eigenvalue weighted by Gasteiger charge is 2.29. The maximum absolute atomic E-state index is 6.19. The predicted molar refractivity (Wildman–Crippen MR) is 82.9 cm³/mol.